The Morgan fingerprint density at radius 2 is 1.77 bits per heavy atom. The number of benzene rings is 2. The summed E-state index contributed by atoms with van der Waals surface area (Å²) in [5.74, 6) is -1.16. The first-order chi connectivity index (χ1) is 20.6. The molecule has 43 heavy (non-hydrogen) atoms. The van der Waals surface area contributed by atoms with E-state index < -0.39 is 6.04 Å². The zero-order valence-electron chi connectivity index (χ0n) is 24.9. The lowest BCUT2D eigenvalue weighted by Crippen LogP contribution is -2.50. The van der Waals surface area contributed by atoms with Crippen molar-refractivity contribution in [1.82, 2.24) is 9.88 Å². The number of pyridine rings is 1. The summed E-state index contributed by atoms with van der Waals surface area (Å²) in [5, 5.41) is 0. The predicted molar refractivity (Wildman–Crippen MR) is 158 cm³/mol. The lowest BCUT2D eigenvalue weighted by molar-refractivity contribution is -0.159. The molecule has 7 nitrogen and oxygen atoms in total. The Hall–Kier alpha value is -4.07. The number of carbonyl (C=O) groups is 3. The molecular weight excluding hydrogens is 547 g/mol. The van der Waals surface area contributed by atoms with Gasteiger partial charge in [-0.3, -0.25) is 14.4 Å². The third kappa shape index (κ3) is 5.67. The molecule has 0 unspecified atom stereocenters. The van der Waals surface area contributed by atoms with Gasteiger partial charge in [-0.1, -0.05) is 50.2 Å². The van der Waals surface area contributed by atoms with Gasteiger partial charge in [-0.15, -0.1) is 0 Å². The summed E-state index contributed by atoms with van der Waals surface area (Å²) in [6, 6.07) is 15.6. The number of ketones is 1. The van der Waals surface area contributed by atoms with Crippen LogP contribution in [-0.4, -0.2) is 41.2 Å². The van der Waals surface area contributed by atoms with Crippen molar-refractivity contribution in [2.75, 3.05) is 13.7 Å². The molecule has 3 aromatic rings. The molecule has 1 fully saturated rings. The molecule has 2 heterocycles. The zero-order valence-corrected chi connectivity index (χ0v) is 24.9. The van der Waals surface area contributed by atoms with Crippen LogP contribution in [0.25, 0.3) is 0 Å². The van der Waals surface area contributed by atoms with Crippen molar-refractivity contribution in [2.45, 2.75) is 70.4 Å². The maximum Gasteiger partial charge on any atom is 0.309 e. The number of fused-ring (bicyclic) bond motifs is 2. The Morgan fingerprint density at radius 3 is 2.51 bits per heavy atom. The van der Waals surface area contributed by atoms with E-state index in [-0.39, 0.29) is 53.8 Å². The number of hydrogen-bond donors (Lipinski definition) is 0. The van der Waals surface area contributed by atoms with Crippen molar-refractivity contribution in [2.24, 2.45) is 11.8 Å². The van der Waals surface area contributed by atoms with Gasteiger partial charge >= 0.3 is 5.97 Å². The van der Waals surface area contributed by atoms with Gasteiger partial charge in [0.25, 0.3) is 0 Å². The minimum absolute atomic E-state index is 0.00362. The number of Topliss-reactive ketones (excluding diaryl/α,β-unsaturated/α-hetero) is 1. The fourth-order valence-electron chi connectivity index (χ4n) is 6.91. The molecular formula is C35H37FN2O5. The number of halogens is 1. The average Bonchev–Trinajstić information content (AvgIpc) is 3.29. The smallest absolute Gasteiger partial charge is 0.309 e. The molecule has 1 aromatic heterocycles. The van der Waals surface area contributed by atoms with Crippen LogP contribution < -0.4 is 4.74 Å². The van der Waals surface area contributed by atoms with E-state index in [2.05, 4.69) is 4.98 Å². The van der Waals surface area contributed by atoms with E-state index in [0.717, 1.165) is 35.2 Å². The number of methoxy groups -OCH3 is 1. The van der Waals surface area contributed by atoms with Crippen LogP contribution in [0, 0.1) is 17.7 Å². The maximum atomic E-state index is 15.2. The lowest BCUT2D eigenvalue weighted by Gasteiger charge is -2.41. The van der Waals surface area contributed by atoms with E-state index >= 15 is 4.39 Å². The number of amides is 1. The quantitative estimate of drug-likeness (QED) is 0.327. The Morgan fingerprint density at radius 1 is 1.00 bits per heavy atom. The van der Waals surface area contributed by atoms with Crippen LogP contribution in [0.15, 0.2) is 54.6 Å². The van der Waals surface area contributed by atoms with Crippen LogP contribution in [0.2, 0.25) is 0 Å². The van der Waals surface area contributed by atoms with Gasteiger partial charge in [-0.05, 0) is 65.5 Å². The van der Waals surface area contributed by atoms with Gasteiger partial charge in [0.15, 0.2) is 5.78 Å². The summed E-state index contributed by atoms with van der Waals surface area (Å²) in [5.41, 5.74) is 4.38. The van der Waals surface area contributed by atoms with Crippen LogP contribution >= 0.6 is 0 Å². The fourth-order valence-corrected chi connectivity index (χ4v) is 6.91. The van der Waals surface area contributed by atoms with E-state index in [1.807, 2.05) is 50.2 Å². The molecule has 1 aliphatic heterocycles. The Labute approximate surface area is 251 Å². The monoisotopic (exact) mass is 584 g/mol. The molecule has 1 saturated carbocycles. The summed E-state index contributed by atoms with van der Waals surface area (Å²) in [6.45, 7) is 4.62. The second-order valence-electron chi connectivity index (χ2n) is 12.7. The fraction of sp³-hybridized carbons (Fsp3) is 0.429. The summed E-state index contributed by atoms with van der Waals surface area (Å²) >= 11 is 0. The third-order valence-corrected chi connectivity index (χ3v) is 9.33. The first kappa shape index (κ1) is 29.0. The van der Waals surface area contributed by atoms with Crippen LogP contribution in [-0.2, 0) is 50.4 Å². The summed E-state index contributed by atoms with van der Waals surface area (Å²) in [4.78, 5) is 46.7. The average molecular weight is 585 g/mol. The van der Waals surface area contributed by atoms with Crippen molar-refractivity contribution in [3.05, 3.63) is 93.9 Å². The van der Waals surface area contributed by atoms with Crippen molar-refractivity contribution in [1.29, 1.82) is 0 Å². The van der Waals surface area contributed by atoms with Gasteiger partial charge in [0.05, 0.1) is 18.7 Å². The van der Waals surface area contributed by atoms with Gasteiger partial charge in [0.1, 0.15) is 18.5 Å². The molecule has 224 valence electrons. The largest absolute Gasteiger partial charge is 0.481 e. The Bertz CT molecular complexity index is 1560. The molecule has 2 aromatic carbocycles. The van der Waals surface area contributed by atoms with Gasteiger partial charge in [0, 0.05) is 36.9 Å². The standard InChI is InChI=1S/C35H37FN2O5/c1-35(2)13-11-23-15-22(16-27(36)31(23)35)17-29(39)32-26-9-10-30(42-3)37-28(26)12-14-38(32)33(40)24-18-25(19-24)34(41)43-20-21-7-5-4-6-8-21/h4-10,15-16,24-25,32H,11-14,17-20H2,1-3H3/t24?,25?,32-/m1/s1. The highest BCUT2D eigenvalue weighted by molar-refractivity contribution is 5.93. The molecule has 0 saturated heterocycles. The number of aryl methyl sites for hydroxylation is 1. The van der Waals surface area contributed by atoms with Crippen LogP contribution in [0.4, 0.5) is 4.39 Å². The van der Waals surface area contributed by atoms with Gasteiger partial charge < -0.3 is 14.4 Å². The van der Waals surface area contributed by atoms with E-state index in [0.29, 0.717) is 42.8 Å². The molecule has 6 rings (SSSR count). The number of aromatic nitrogens is 1. The molecule has 8 heteroatoms. The number of rotatable bonds is 8. The lowest BCUT2D eigenvalue weighted by atomic mass is 9.73. The van der Waals surface area contributed by atoms with E-state index in [4.69, 9.17) is 9.47 Å². The molecule has 0 N–H and O–H groups in total. The van der Waals surface area contributed by atoms with E-state index in [1.165, 1.54) is 13.2 Å². The molecule has 2 aliphatic carbocycles. The zero-order chi connectivity index (χ0) is 30.3. The Balaban J connectivity index is 1.19. The SMILES string of the molecule is COc1ccc2c(n1)CCN(C(=O)C1CC(C(=O)OCc3ccccc3)C1)[C@H]2C(=O)Cc1cc(F)c2c(c1)CCC2(C)C. The highest BCUT2D eigenvalue weighted by Gasteiger charge is 2.45. The number of esters is 1. The second kappa shape index (κ2) is 11.5. The summed E-state index contributed by atoms with van der Waals surface area (Å²) in [7, 11) is 1.54. The highest BCUT2D eigenvalue weighted by Crippen LogP contribution is 2.42. The number of ether oxygens (including phenoxy) is 2. The van der Waals surface area contributed by atoms with Crippen LogP contribution in [0.3, 0.4) is 0 Å². The van der Waals surface area contributed by atoms with Gasteiger partial charge in [0.2, 0.25) is 11.8 Å². The third-order valence-electron chi connectivity index (χ3n) is 9.33. The second-order valence-corrected chi connectivity index (χ2v) is 12.7. The van der Waals surface area contributed by atoms with Crippen LogP contribution in [0.5, 0.6) is 5.88 Å². The molecule has 0 bridgehead atoms. The minimum atomic E-state index is -0.841. The van der Waals surface area contributed by atoms with E-state index in [9.17, 15) is 14.4 Å². The van der Waals surface area contributed by atoms with Crippen LogP contribution in [0.1, 0.15) is 72.7 Å². The van der Waals surface area contributed by atoms with Gasteiger partial charge in [-0.25, -0.2) is 9.37 Å². The van der Waals surface area contributed by atoms with Crippen molar-refractivity contribution < 1.29 is 28.2 Å². The summed E-state index contributed by atoms with van der Waals surface area (Å²) < 4.78 is 26.0. The normalized spacial score (nSPS) is 21.8. The van der Waals surface area contributed by atoms with Crippen molar-refractivity contribution >= 4 is 17.7 Å². The molecule has 0 radical (unpaired) electrons. The first-order valence-corrected chi connectivity index (χ1v) is 15.0. The molecule has 1 amide bonds. The Kier molecular flexibility index (Phi) is 7.79. The molecule has 0 spiro atoms. The number of carbonyl (C=O) groups excluding carboxylic acids is 3. The van der Waals surface area contributed by atoms with Crippen molar-refractivity contribution in [3.8, 4) is 5.88 Å². The minimum Gasteiger partial charge on any atom is -0.481 e. The predicted octanol–water partition coefficient (Wildman–Crippen LogP) is 5.46. The number of hydrogen-bond acceptors (Lipinski definition) is 6. The molecule has 3 aliphatic rings. The molecule has 1 atom stereocenters. The highest BCUT2D eigenvalue weighted by atomic mass is 19.1. The van der Waals surface area contributed by atoms with Crippen molar-refractivity contribution in [3.63, 3.8) is 0 Å². The maximum absolute atomic E-state index is 15.2. The number of nitrogens with zero attached hydrogens (tertiary/aromatic N) is 2. The van der Waals surface area contributed by atoms with Gasteiger partial charge in [-0.2, -0.15) is 0 Å². The van der Waals surface area contributed by atoms with E-state index in [1.54, 1.807) is 17.0 Å². The summed E-state index contributed by atoms with van der Waals surface area (Å²) in [6.07, 6.45) is 2.92. The first-order valence-electron chi connectivity index (χ1n) is 15.0. The topological polar surface area (TPSA) is 85.8 Å².